The molecule has 6 nitrogen and oxygen atoms in total. The van der Waals surface area contributed by atoms with Gasteiger partial charge in [0.2, 0.25) is 5.91 Å². The van der Waals surface area contributed by atoms with Crippen LogP contribution in [-0.2, 0) is 22.6 Å². The molecule has 0 unspecified atom stereocenters. The summed E-state index contributed by atoms with van der Waals surface area (Å²) in [7, 11) is 1.66. The van der Waals surface area contributed by atoms with Crippen molar-refractivity contribution >= 4 is 5.91 Å². The predicted molar refractivity (Wildman–Crippen MR) is 96.3 cm³/mol. The molecule has 1 N–H and O–H groups in total. The van der Waals surface area contributed by atoms with Crippen molar-refractivity contribution in [2.45, 2.75) is 38.5 Å². The van der Waals surface area contributed by atoms with Crippen molar-refractivity contribution in [2.75, 3.05) is 20.3 Å². The van der Waals surface area contributed by atoms with Crippen molar-refractivity contribution in [1.29, 1.82) is 0 Å². The normalized spacial score (nSPS) is 19.5. The molecule has 0 radical (unpaired) electrons. The fraction of sp³-hybridized carbons (Fsp3) is 0.500. The van der Waals surface area contributed by atoms with Gasteiger partial charge in [0.1, 0.15) is 6.10 Å². The van der Waals surface area contributed by atoms with E-state index in [0.29, 0.717) is 31.9 Å². The lowest BCUT2D eigenvalue weighted by molar-refractivity contribution is -0.153. The molecule has 138 valence electrons. The van der Waals surface area contributed by atoms with Crippen LogP contribution in [0, 0.1) is 5.41 Å². The number of benzene rings is 1. The molecule has 0 bridgehead atoms. The number of aliphatic hydroxyl groups excluding tert-OH is 1. The van der Waals surface area contributed by atoms with Crippen molar-refractivity contribution in [1.82, 2.24) is 14.7 Å². The summed E-state index contributed by atoms with van der Waals surface area (Å²) in [6, 6.07) is 11.4. The smallest absolute Gasteiger partial charge is 0.231 e. The summed E-state index contributed by atoms with van der Waals surface area (Å²) >= 11 is 0. The van der Waals surface area contributed by atoms with E-state index in [1.165, 1.54) is 0 Å². The van der Waals surface area contributed by atoms with Crippen molar-refractivity contribution in [3.8, 4) is 0 Å². The van der Waals surface area contributed by atoms with Gasteiger partial charge in [0, 0.05) is 13.7 Å². The van der Waals surface area contributed by atoms with Gasteiger partial charge < -0.3 is 14.7 Å². The number of rotatable bonds is 5. The molecule has 2 aliphatic rings. The maximum absolute atomic E-state index is 13.0. The molecule has 1 atom stereocenters. The average Bonchev–Trinajstić information content (AvgIpc) is 3.07. The Morgan fingerprint density at radius 3 is 2.73 bits per heavy atom. The number of fused-ring (bicyclic) bond motifs is 1. The van der Waals surface area contributed by atoms with Crippen LogP contribution in [0.1, 0.15) is 42.3 Å². The Balaban J connectivity index is 1.51. The number of methoxy groups -OCH3 is 1. The van der Waals surface area contributed by atoms with E-state index in [2.05, 4.69) is 5.10 Å². The van der Waals surface area contributed by atoms with Crippen molar-refractivity contribution in [3.63, 3.8) is 0 Å². The number of carbonyl (C=O) groups excluding carboxylic acids is 1. The number of aromatic nitrogens is 2. The van der Waals surface area contributed by atoms with Gasteiger partial charge in [0.15, 0.2) is 0 Å². The quantitative estimate of drug-likeness (QED) is 0.892. The zero-order valence-corrected chi connectivity index (χ0v) is 15.1. The zero-order chi connectivity index (χ0) is 18.1. The van der Waals surface area contributed by atoms with Crippen molar-refractivity contribution in [2.24, 2.45) is 5.41 Å². The minimum atomic E-state index is -0.745. The number of aliphatic hydroxyl groups is 1. The number of hydrogen-bond donors (Lipinski definition) is 1. The first kappa shape index (κ1) is 17.2. The molecule has 2 aromatic rings. The highest BCUT2D eigenvalue weighted by Crippen LogP contribution is 2.43. The van der Waals surface area contributed by atoms with Gasteiger partial charge in [-0.1, -0.05) is 36.8 Å². The van der Waals surface area contributed by atoms with Crippen LogP contribution in [0.4, 0.5) is 0 Å². The molecule has 1 amide bonds. The summed E-state index contributed by atoms with van der Waals surface area (Å²) in [4.78, 5) is 15.0. The Morgan fingerprint density at radius 2 is 2.08 bits per heavy atom. The van der Waals surface area contributed by atoms with Crippen molar-refractivity contribution in [3.05, 3.63) is 53.3 Å². The van der Waals surface area contributed by atoms with Crippen molar-refractivity contribution < 1.29 is 14.6 Å². The first-order chi connectivity index (χ1) is 12.6. The Bertz CT molecular complexity index is 783. The second-order valence-corrected chi connectivity index (χ2v) is 7.39. The summed E-state index contributed by atoms with van der Waals surface area (Å²) in [6.07, 6.45) is 2.17. The lowest BCUT2D eigenvalue weighted by atomic mass is 9.68. The minimum Gasteiger partial charge on any atom is -0.384 e. The summed E-state index contributed by atoms with van der Waals surface area (Å²) in [5.74, 6) is 0.197. The highest BCUT2D eigenvalue weighted by molar-refractivity contribution is 5.84. The van der Waals surface area contributed by atoms with Crippen LogP contribution in [0.5, 0.6) is 0 Å². The summed E-state index contributed by atoms with van der Waals surface area (Å²) in [6.45, 7) is 2.35. The van der Waals surface area contributed by atoms with Gasteiger partial charge in [-0.2, -0.15) is 5.10 Å². The summed E-state index contributed by atoms with van der Waals surface area (Å²) in [5.41, 5.74) is 2.10. The van der Waals surface area contributed by atoms with E-state index in [0.717, 1.165) is 30.5 Å². The zero-order valence-electron chi connectivity index (χ0n) is 15.1. The molecule has 1 aliphatic heterocycles. The molecule has 1 aromatic heterocycles. The Kier molecular flexibility index (Phi) is 4.54. The van der Waals surface area contributed by atoms with Gasteiger partial charge in [0.05, 0.1) is 36.5 Å². The van der Waals surface area contributed by atoms with E-state index in [1.807, 2.05) is 46.0 Å². The van der Waals surface area contributed by atoms with E-state index in [-0.39, 0.29) is 11.3 Å². The van der Waals surface area contributed by atoms with Gasteiger partial charge in [-0.15, -0.1) is 0 Å². The number of nitrogens with zero attached hydrogens (tertiary/aromatic N) is 3. The molecule has 26 heavy (non-hydrogen) atoms. The van der Waals surface area contributed by atoms with Crippen LogP contribution in [-0.4, -0.2) is 46.0 Å². The van der Waals surface area contributed by atoms with E-state index < -0.39 is 6.10 Å². The lowest BCUT2D eigenvalue weighted by Crippen LogP contribution is -2.52. The molecule has 0 spiro atoms. The van der Waals surface area contributed by atoms with Crippen LogP contribution in [0.2, 0.25) is 0 Å². The molecule has 4 rings (SSSR count). The molecule has 1 saturated carbocycles. The van der Waals surface area contributed by atoms with Crippen LogP contribution < -0.4 is 0 Å². The molecular weight excluding hydrogens is 330 g/mol. The second-order valence-electron chi connectivity index (χ2n) is 7.39. The topological polar surface area (TPSA) is 67.6 Å². The van der Waals surface area contributed by atoms with Gasteiger partial charge in [0.25, 0.3) is 0 Å². The molecule has 6 heteroatoms. The third-order valence-corrected chi connectivity index (χ3v) is 5.68. The predicted octanol–water partition coefficient (Wildman–Crippen LogP) is 2.12. The van der Waals surface area contributed by atoms with E-state index in [9.17, 15) is 9.90 Å². The highest BCUT2D eigenvalue weighted by atomic mass is 16.5. The molecule has 2 heterocycles. The number of carbonyl (C=O) groups is 1. The monoisotopic (exact) mass is 355 g/mol. The minimum absolute atomic E-state index is 0.197. The first-order valence-electron chi connectivity index (χ1n) is 9.21. The first-order valence-corrected chi connectivity index (χ1v) is 9.21. The number of ether oxygens (including phenoxy) is 1. The summed E-state index contributed by atoms with van der Waals surface area (Å²) in [5, 5.41) is 15.1. The molecule has 1 aromatic carbocycles. The third-order valence-electron chi connectivity index (χ3n) is 5.68. The van der Waals surface area contributed by atoms with E-state index >= 15 is 0 Å². The Hall–Kier alpha value is -2.18. The fourth-order valence-electron chi connectivity index (χ4n) is 4.04. The molecule has 0 saturated heterocycles. The second kappa shape index (κ2) is 6.85. The molecule has 1 fully saturated rings. The maximum Gasteiger partial charge on any atom is 0.231 e. The SMILES string of the molecule is COCC1(C(=O)N2CCn3nc([C@H](O)c4ccccc4)cc3C2)CCC1. The third kappa shape index (κ3) is 2.93. The van der Waals surface area contributed by atoms with Gasteiger partial charge in [-0.05, 0) is 24.5 Å². The fourth-order valence-corrected chi connectivity index (χ4v) is 4.04. The number of hydrogen-bond acceptors (Lipinski definition) is 4. The Labute approximate surface area is 153 Å². The average molecular weight is 355 g/mol. The molecule has 1 aliphatic carbocycles. The van der Waals surface area contributed by atoms with Crippen LogP contribution in [0.25, 0.3) is 0 Å². The van der Waals surface area contributed by atoms with Crippen LogP contribution in [0.3, 0.4) is 0 Å². The Morgan fingerprint density at radius 1 is 1.31 bits per heavy atom. The summed E-state index contributed by atoms with van der Waals surface area (Å²) < 4.78 is 7.23. The van der Waals surface area contributed by atoms with E-state index in [4.69, 9.17) is 4.74 Å². The maximum atomic E-state index is 13.0. The lowest BCUT2D eigenvalue weighted by Gasteiger charge is -2.43. The highest BCUT2D eigenvalue weighted by Gasteiger charge is 2.46. The van der Waals surface area contributed by atoms with E-state index in [1.54, 1.807) is 7.11 Å². The van der Waals surface area contributed by atoms with Gasteiger partial charge in [-0.3, -0.25) is 9.48 Å². The standard InChI is InChI=1S/C20H25N3O3/c1-26-14-20(8-5-9-20)19(25)22-10-11-23-16(13-22)12-17(21-23)18(24)15-6-3-2-4-7-15/h2-4,6-7,12,18,24H,5,8-11,13-14H2,1H3/t18-/m1/s1. The van der Waals surface area contributed by atoms with Gasteiger partial charge in [-0.25, -0.2) is 0 Å². The number of amides is 1. The van der Waals surface area contributed by atoms with Crippen LogP contribution in [0.15, 0.2) is 36.4 Å². The van der Waals surface area contributed by atoms with Crippen LogP contribution >= 0.6 is 0 Å². The molecular formula is C20H25N3O3. The largest absolute Gasteiger partial charge is 0.384 e. The van der Waals surface area contributed by atoms with Gasteiger partial charge >= 0.3 is 0 Å².